The maximum absolute atomic E-state index is 12.1. The molecule has 1 aliphatic heterocycles. The van der Waals surface area contributed by atoms with E-state index in [1.165, 1.54) is 17.5 Å². The third-order valence-corrected chi connectivity index (χ3v) is 4.83. The minimum atomic E-state index is -0.866. The van der Waals surface area contributed by atoms with Crippen molar-refractivity contribution in [3.8, 4) is 0 Å². The SMILES string of the molecule is O=C(O)C1CCC(=O)N(C2CC2)C1c1ncc(Cl)s1. The van der Waals surface area contributed by atoms with Gasteiger partial charge in [0, 0.05) is 12.5 Å². The lowest BCUT2D eigenvalue weighted by molar-refractivity contribution is -0.152. The number of nitrogens with zero attached hydrogens (tertiary/aromatic N) is 2. The number of carbonyl (C=O) groups excluding carboxylic acids is 1. The van der Waals surface area contributed by atoms with Crippen LogP contribution in [-0.4, -0.2) is 32.9 Å². The van der Waals surface area contributed by atoms with E-state index in [4.69, 9.17) is 11.6 Å². The number of amides is 1. The molecule has 1 N–H and O–H groups in total. The van der Waals surface area contributed by atoms with E-state index >= 15 is 0 Å². The minimum Gasteiger partial charge on any atom is -0.481 e. The molecule has 2 heterocycles. The van der Waals surface area contributed by atoms with Gasteiger partial charge in [-0.15, -0.1) is 11.3 Å². The van der Waals surface area contributed by atoms with Crippen LogP contribution in [0.3, 0.4) is 0 Å². The zero-order valence-electron chi connectivity index (χ0n) is 10.1. The highest BCUT2D eigenvalue weighted by atomic mass is 35.5. The predicted molar refractivity (Wildman–Crippen MR) is 70.1 cm³/mol. The second-order valence-corrected chi connectivity index (χ2v) is 6.66. The summed E-state index contributed by atoms with van der Waals surface area (Å²) in [6, 6.07) is -0.272. The van der Waals surface area contributed by atoms with Crippen LogP contribution in [0.2, 0.25) is 4.34 Å². The molecule has 5 nitrogen and oxygen atoms in total. The zero-order valence-corrected chi connectivity index (χ0v) is 11.7. The van der Waals surface area contributed by atoms with Gasteiger partial charge in [-0.3, -0.25) is 9.59 Å². The molecule has 7 heteroatoms. The number of likely N-dealkylation sites (tertiary alicyclic amines) is 1. The fraction of sp³-hybridized carbons (Fsp3) is 0.583. The van der Waals surface area contributed by atoms with E-state index in [0.717, 1.165) is 12.8 Å². The van der Waals surface area contributed by atoms with Gasteiger partial charge < -0.3 is 10.0 Å². The lowest BCUT2D eigenvalue weighted by Crippen LogP contribution is -2.46. The summed E-state index contributed by atoms with van der Waals surface area (Å²) in [4.78, 5) is 29.5. The summed E-state index contributed by atoms with van der Waals surface area (Å²) in [5, 5.41) is 10.0. The minimum absolute atomic E-state index is 0.0383. The number of aromatic nitrogens is 1. The molecule has 1 amide bonds. The molecule has 0 radical (unpaired) electrons. The van der Waals surface area contributed by atoms with Crippen molar-refractivity contribution < 1.29 is 14.7 Å². The maximum Gasteiger partial charge on any atom is 0.309 e. The Balaban J connectivity index is 1.99. The number of carbonyl (C=O) groups is 2. The van der Waals surface area contributed by atoms with Crippen molar-refractivity contribution in [3.05, 3.63) is 15.5 Å². The van der Waals surface area contributed by atoms with Gasteiger partial charge in [0.25, 0.3) is 0 Å². The Morgan fingerprint density at radius 3 is 2.74 bits per heavy atom. The molecule has 2 unspecified atom stereocenters. The van der Waals surface area contributed by atoms with Crippen LogP contribution >= 0.6 is 22.9 Å². The molecule has 1 saturated carbocycles. The number of carboxylic acid groups (broad SMARTS) is 1. The number of rotatable bonds is 3. The first kappa shape index (κ1) is 12.9. The monoisotopic (exact) mass is 300 g/mol. The molecule has 0 spiro atoms. The summed E-state index contributed by atoms with van der Waals surface area (Å²) < 4.78 is 0.521. The van der Waals surface area contributed by atoms with Gasteiger partial charge in [0.2, 0.25) is 5.91 Å². The Bertz CT molecular complexity index is 529. The molecule has 1 aliphatic carbocycles. The van der Waals surface area contributed by atoms with Crippen molar-refractivity contribution in [3.63, 3.8) is 0 Å². The third-order valence-electron chi connectivity index (χ3n) is 3.64. The molecule has 2 atom stereocenters. The average molecular weight is 301 g/mol. The van der Waals surface area contributed by atoms with Crippen molar-refractivity contribution in [2.45, 2.75) is 37.8 Å². The van der Waals surface area contributed by atoms with Gasteiger partial charge in [-0.05, 0) is 19.3 Å². The van der Waals surface area contributed by atoms with E-state index in [9.17, 15) is 14.7 Å². The largest absolute Gasteiger partial charge is 0.481 e. The molecular formula is C12H13ClN2O3S. The molecule has 0 bridgehead atoms. The second-order valence-electron chi connectivity index (χ2n) is 4.96. The van der Waals surface area contributed by atoms with Crippen molar-refractivity contribution >= 4 is 34.8 Å². The van der Waals surface area contributed by atoms with Gasteiger partial charge in [0.05, 0.1) is 18.2 Å². The van der Waals surface area contributed by atoms with Crippen molar-refractivity contribution in [2.24, 2.45) is 5.92 Å². The highest BCUT2D eigenvalue weighted by Gasteiger charge is 2.47. The zero-order chi connectivity index (χ0) is 13.6. The number of hydrogen-bond donors (Lipinski definition) is 1. The van der Waals surface area contributed by atoms with Crippen LogP contribution in [0.4, 0.5) is 0 Å². The number of thiazole rings is 1. The number of piperidine rings is 1. The van der Waals surface area contributed by atoms with Gasteiger partial charge in [-0.2, -0.15) is 0 Å². The van der Waals surface area contributed by atoms with Crippen molar-refractivity contribution in [2.75, 3.05) is 0 Å². The van der Waals surface area contributed by atoms with Gasteiger partial charge in [0.15, 0.2) is 0 Å². The molecule has 102 valence electrons. The van der Waals surface area contributed by atoms with E-state index in [0.29, 0.717) is 22.2 Å². The van der Waals surface area contributed by atoms with Crippen LogP contribution in [0.1, 0.15) is 36.7 Å². The van der Waals surface area contributed by atoms with Crippen LogP contribution in [0.25, 0.3) is 0 Å². The summed E-state index contributed by atoms with van der Waals surface area (Å²) in [5.41, 5.74) is 0. The quantitative estimate of drug-likeness (QED) is 0.930. The highest BCUT2D eigenvalue weighted by Crippen LogP contribution is 2.44. The number of carboxylic acids is 1. The van der Waals surface area contributed by atoms with Crippen LogP contribution in [0, 0.1) is 5.92 Å². The lowest BCUT2D eigenvalue weighted by Gasteiger charge is -2.38. The fourth-order valence-electron chi connectivity index (χ4n) is 2.65. The second kappa shape index (κ2) is 4.76. The van der Waals surface area contributed by atoms with E-state index in [-0.39, 0.29) is 11.9 Å². The Morgan fingerprint density at radius 2 is 2.21 bits per heavy atom. The molecule has 2 fully saturated rings. The number of hydrogen-bond acceptors (Lipinski definition) is 4. The summed E-state index contributed by atoms with van der Waals surface area (Å²) >= 11 is 7.15. The third kappa shape index (κ3) is 2.34. The smallest absolute Gasteiger partial charge is 0.309 e. The number of halogens is 1. The fourth-order valence-corrected chi connectivity index (χ4v) is 3.75. The van der Waals surface area contributed by atoms with Crippen LogP contribution < -0.4 is 0 Å². The normalized spacial score (nSPS) is 27.6. The van der Waals surface area contributed by atoms with Gasteiger partial charge in [-0.25, -0.2) is 4.98 Å². The standard InChI is InChI=1S/C12H13ClN2O3S/c13-8-5-14-11(19-8)10-7(12(17)18)3-4-9(16)15(10)6-1-2-6/h5-7,10H,1-4H2,(H,17,18). The van der Waals surface area contributed by atoms with Crippen molar-refractivity contribution in [1.82, 2.24) is 9.88 Å². The first-order valence-electron chi connectivity index (χ1n) is 6.23. The topological polar surface area (TPSA) is 70.5 Å². The Hall–Kier alpha value is -1.14. The first-order valence-corrected chi connectivity index (χ1v) is 7.42. The van der Waals surface area contributed by atoms with Gasteiger partial charge >= 0.3 is 5.97 Å². The highest BCUT2D eigenvalue weighted by molar-refractivity contribution is 7.15. The molecule has 1 saturated heterocycles. The van der Waals surface area contributed by atoms with E-state index < -0.39 is 17.9 Å². The average Bonchev–Trinajstić information content (AvgIpc) is 3.10. The van der Waals surface area contributed by atoms with E-state index in [1.807, 2.05) is 0 Å². The number of aliphatic carboxylic acids is 1. The Morgan fingerprint density at radius 1 is 1.47 bits per heavy atom. The molecule has 1 aromatic rings. The summed E-state index contributed by atoms with van der Waals surface area (Å²) in [5.74, 6) is -1.41. The maximum atomic E-state index is 12.1. The molecule has 2 aliphatic rings. The molecule has 0 aromatic carbocycles. The molecule has 19 heavy (non-hydrogen) atoms. The summed E-state index contributed by atoms with van der Waals surface area (Å²) in [6.45, 7) is 0. The summed E-state index contributed by atoms with van der Waals surface area (Å²) in [6.07, 6.45) is 4.11. The molecule has 3 rings (SSSR count). The van der Waals surface area contributed by atoms with E-state index in [1.54, 1.807) is 4.90 Å². The molecular weight excluding hydrogens is 288 g/mol. The van der Waals surface area contributed by atoms with Gasteiger partial charge in [0.1, 0.15) is 9.34 Å². The van der Waals surface area contributed by atoms with Crippen LogP contribution in [0.5, 0.6) is 0 Å². The van der Waals surface area contributed by atoms with E-state index in [2.05, 4.69) is 4.98 Å². The van der Waals surface area contributed by atoms with Gasteiger partial charge in [-0.1, -0.05) is 11.6 Å². The Kier molecular flexibility index (Phi) is 3.22. The van der Waals surface area contributed by atoms with Crippen LogP contribution in [0.15, 0.2) is 6.20 Å². The summed E-state index contributed by atoms with van der Waals surface area (Å²) in [7, 11) is 0. The molecule has 1 aromatic heterocycles. The first-order chi connectivity index (χ1) is 9.08. The predicted octanol–water partition coefficient (Wildman–Crippen LogP) is 2.32. The van der Waals surface area contributed by atoms with Crippen molar-refractivity contribution in [1.29, 1.82) is 0 Å². The lowest BCUT2D eigenvalue weighted by atomic mass is 9.89. The Labute approximate surface area is 119 Å². The van der Waals surface area contributed by atoms with Crippen LogP contribution in [-0.2, 0) is 9.59 Å².